The van der Waals surface area contributed by atoms with Gasteiger partial charge in [0.1, 0.15) is 0 Å². The zero-order chi connectivity index (χ0) is 21.3. The first-order valence-corrected chi connectivity index (χ1v) is 9.10. The lowest BCUT2D eigenvalue weighted by Gasteiger charge is -2.12. The number of Topliss-reactive ketones (excluding diaryl/α,β-unsaturated/α-hetero) is 1. The van der Waals surface area contributed by atoms with Gasteiger partial charge in [0.25, 0.3) is 0 Å². The Morgan fingerprint density at radius 2 is 1.66 bits per heavy atom. The molecular formula is C22H22N2O5. The van der Waals surface area contributed by atoms with Crippen molar-refractivity contribution < 1.29 is 23.9 Å². The van der Waals surface area contributed by atoms with Crippen molar-refractivity contribution in [3.05, 3.63) is 63.6 Å². The molecule has 0 radical (unpaired) electrons. The molecule has 3 aromatic rings. The fraction of sp³-hybridized carbons (Fsp3) is 0.273. The molecule has 1 aromatic carbocycles. The van der Waals surface area contributed by atoms with Crippen LogP contribution >= 0.6 is 0 Å². The SMILES string of the molecule is COC(=O)c1c(C)[nH]c(C(=O)COC(=O)c2c(C)nc3ccccc3c2C)c1C. The number of esters is 2. The fourth-order valence-corrected chi connectivity index (χ4v) is 3.54. The molecule has 0 fully saturated rings. The second kappa shape index (κ2) is 7.87. The maximum absolute atomic E-state index is 12.7. The number of pyridine rings is 1. The van der Waals surface area contributed by atoms with Gasteiger partial charge in [-0.25, -0.2) is 9.59 Å². The first kappa shape index (κ1) is 20.3. The number of ether oxygens (including phenoxy) is 2. The van der Waals surface area contributed by atoms with Crippen LogP contribution in [0.25, 0.3) is 10.9 Å². The van der Waals surface area contributed by atoms with Crippen LogP contribution in [-0.2, 0) is 9.47 Å². The lowest BCUT2D eigenvalue weighted by atomic mass is 10.0. The largest absolute Gasteiger partial charge is 0.465 e. The fourth-order valence-electron chi connectivity index (χ4n) is 3.54. The van der Waals surface area contributed by atoms with Crippen molar-refractivity contribution in [2.24, 2.45) is 0 Å². The number of fused-ring (bicyclic) bond motifs is 1. The maximum atomic E-state index is 12.7. The first-order chi connectivity index (χ1) is 13.8. The summed E-state index contributed by atoms with van der Waals surface area (Å²) in [5.41, 5.74) is 3.97. The van der Waals surface area contributed by atoms with Crippen LogP contribution in [0.1, 0.15) is 53.7 Å². The Labute approximate surface area is 168 Å². The average Bonchev–Trinajstić information content (AvgIpc) is 2.99. The molecule has 0 bridgehead atoms. The van der Waals surface area contributed by atoms with Crippen LogP contribution in [0.2, 0.25) is 0 Å². The molecule has 0 aliphatic carbocycles. The molecule has 1 N–H and O–H groups in total. The van der Waals surface area contributed by atoms with Crippen molar-refractivity contribution in [3.63, 3.8) is 0 Å². The average molecular weight is 394 g/mol. The molecule has 0 amide bonds. The predicted octanol–water partition coefficient (Wildman–Crippen LogP) is 3.62. The minimum absolute atomic E-state index is 0.223. The van der Waals surface area contributed by atoms with E-state index in [9.17, 15) is 14.4 Å². The predicted molar refractivity (Wildman–Crippen MR) is 107 cm³/mol. The van der Waals surface area contributed by atoms with Crippen molar-refractivity contribution in [1.82, 2.24) is 9.97 Å². The summed E-state index contributed by atoms with van der Waals surface area (Å²) in [5, 5.41) is 0.856. The van der Waals surface area contributed by atoms with Crippen molar-refractivity contribution in [2.45, 2.75) is 27.7 Å². The highest BCUT2D eigenvalue weighted by atomic mass is 16.5. The number of nitrogens with one attached hydrogen (secondary N) is 1. The highest BCUT2D eigenvalue weighted by Gasteiger charge is 2.24. The van der Waals surface area contributed by atoms with Crippen molar-refractivity contribution >= 4 is 28.6 Å². The zero-order valence-electron chi connectivity index (χ0n) is 17.0. The summed E-state index contributed by atoms with van der Waals surface area (Å²) in [6.45, 7) is 6.43. The van der Waals surface area contributed by atoms with E-state index in [1.807, 2.05) is 31.2 Å². The van der Waals surface area contributed by atoms with E-state index in [0.717, 1.165) is 16.5 Å². The molecule has 0 unspecified atom stereocenters. The molecule has 2 heterocycles. The number of aromatic amines is 1. The molecule has 0 saturated heterocycles. The number of carbonyl (C=O) groups is 3. The van der Waals surface area contributed by atoms with Crippen LogP contribution in [-0.4, -0.2) is 41.4 Å². The molecule has 7 heteroatoms. The summed E-state index contributed by atoms with van der Waals surface area (Å²) in [7, 11) is 1.28. The summed E-state index contributed by atoms with van der Waals surface area (Å²) >= 11 is 0. The van der Waals surface area contributed by atoms with Gasteiger partial charge in [-0.05, 0) is 44.9 Å². The smallest absolute Gasteiger partial charge is 0.340 e. The molecule has 0 aliphatic rings. The van der Waals surface area contributed by atoms with Gasteiger partial charge in [-0.15, -0.1) is 0 Å². The number of para-hydroxylation sites is 1. The van der Waals surface area contributed by atoms with Crippen molar-refractivity contribution in [3.8, 4) is 0 Å². The van der Waals surface area contributed by atoms with E-state index in [-0.39, 0.29) is 5.69 Å². The van der Waals surface area contributed by atoms with Gasteiger partial charge in [-0.1, -0.05) is 18.2 Å². The Morgan fingerprint density at radius 1 is 0.966 bits per heavy atom. The first-order valence-electron chi connectivity index (χ1n) is 9.10. The van der Waals surface area contributed by atoms with Gasteiger partial charge in [-0.3, -0.25) is 9.78 Å². The molecule has 3 rings (SSSR count). The molecule has 0 saturated carbocycles. The Bertz CT molecular complexity index is 1140. The van der Waals surface area contributed by atoms with Crippen LogP contribution in [0.15, 0.2) is 24.3 Å². The molecular weight excluding hydrogens is 372 g/mol. The second-order valence-corrected chi connectivity index (χ2v) is 6.83. The number of ketones is 1. The molecule has 0 atom stereocenters. The third kappa shape index (κ3) is 3.63. The number of nitrogens with zero attached hydrogens (tertiary/aromatic N) is 1. The molecule has 0 aliphatic heterocycles. The second-order valence-electron chi connectivity index (χ2n) is 6.83. The topological polar surface area (TPSA) is 98.4 Å². The third-order valence-corrected chi connectivity index (χ3v) is 4.98. The standard InChI is InChI=1S/C22H22N2O5/c1-11-15-8-6-7-9-16(15)23-13(3)18(11)22(27)29-10-17(25)20-12(2)19(14(4)24-20)21(26)28-5/h6-9,24H,10H2,1-5H3. The number of methoxy groups -OCH3 is 1. The quantitative estimate of drug-likeness (QED) is 0.524. The lowest BCUT2D eigenvalue weighted by molar-refractivity contribution is 0.0471. The van der Waals surface area contributed by atoms with Gasteiger partial charge in [0.05, 0.1) is 35.1 Å². The summed E-state index contributed by atoms with van der Waals surface area (Å²) < 4.78 is 10.0. The molecule has 7 nitrogen and oxygen atoms in total. The van der Waals surface area contributed by atoms with Crippen LogP contribution in [0.5, 0.6) is 0 Å². The Balaban J connectivity index is 1.82. The van der Waals surface area contributed by atoms with Gasteiger partial charge in [0.2, 0.25) is 5.78 Å². The van der Waals surface area contributed by atoms with Crippen LogP contribution in [0.3, 0.4) is 0 Å². The van der Waals surface area contributed by atoms with E-state index >= 15 is 0 Å². The van der Waals surface area contributed by atoms with Crippen LogP contribution in [0.4, 0.5) is 0 Å². The summed E-state index contributed by atoms with van der Waals surface area (Å²) in [6, 6.07) is 7.52. The number of carbonyl (C=O) groups excluding carboxylic acids is 3. The van der Waals surface area contributed by atoms with Gasteiger partial charge < -0.3 is 14.5 Å². The maximum Gasteiger partial charge on any atom is 0.340 e. The van der Waals surface area contributed by atoms with Gasteiger partial charge in [-0.2, -0.15) is 0 Å². The lowest BCUT2D eigenvalue weighted by Crippen LogP contribution is -2.17. The Hall–Kier alpha value is -3.48. The molecule has 29 heavy (non-hydrogen) atoms. The van der Waals surface area contributed by atoms with E-state index in [1.165, 1.54) is 7.11 Å². The minimum Gasteiger partial charge on any atom is -0.465 e. The highest BCUT2D eigenvalue weighted by Crippen LogP contribution is 2.24. The summed E-state index contributed by atoms with van der Waals surface area (Å²) in [5.74, 6) is -1.57. The number of benzene rings is 1. The van der Waals surface area contributed by atoms with E-state index in [4.69, 9.17) is 9.47 Å². The molecule has 0 spiro atoms. The normalized spacial score (nSPS) is 10.8. The van der Waals surface area contributed by atoms with Crippen LogP contribution in [0, 0.1) is 27.7 Å². The monoisotopic (exact) mass is 394 g/mol. The van der Waals surface area contributed by atoms with E-state index < -0.39 is 24.3 Å². The zero-order valence-corrected chi connectivity index (χ0v) is 17.0. The van der Waals surface area contributed by atoms with E-state index in [1.54, 1.807) is 20.8 Å². The van der Waals surface area contributed by atoms with Crippen LogP contribution < -0.4 is 0 Å². The Kier molecular flexibility index (Phi) is 5.50. The van der Waals surface area contributed by atoms with E-state index in [0.29, 0.717) is 28.1 Å². The number of hydrogen-bond donors (Lipinski definition) is 1. The number of H-pyrrole nitrogens is 1. The highest BCUT2D eigenvalue weighted by molar-refractivity contribution is 6.04. The Morgan fingerprint density at radius 3 is 2.34 bits per heavy atom. The third-order valence-electron chi connectivity index (χ3n) is 4.98. The minimum atomic E-state index is -0.610. The van der Waals surface area contributed by atoms with Gasteiger partial charge in [0, 0.05) is 11.1 Å². The number of aromatic nitrogens is 2. The van der Waals surface area contributed by atoms with Gasteiger partial charge in [0.15, 0.2) is 6.61 Å². The van der Waals surface area contributed by atoms with Gasteiger partial charge >= 0.3 is 11.9 Å². The van der Waals surface area contributed by atoms with Crippen molar-refractivity contribution in [1.29, 1.82) is 0 Å². The van der Waals surface area contributed by atoms with E-state index in [2.05, 4.69) is 9.97 Å². The number of rotatable bonds is 5. The summed E-state index contributed by atoms with van der Waals surface area (Å²) in [4.78, 5) is 44.5. The molecule has 150 valence electrons. The van der Waals surface area contributed by atoms with Crippen molar-refractivity contribution in [2.75, 3.05) is 13.7 Å². The molecule has 2 aromatic heterocycles. The number of hydrogen-bond acceptors (Lipinski definition) is 6. The summed E-state index contributed by atoms with van der Waals surface area (Å²) in [6.07, 6.45) is 0. The number of aryl methyl sites for hydroxylation is 3.